The molecule has 0 aromatic heterocycles. The summed E-state index contributed by atoms with van der Waals surface area (Å²) < 4.78 is 5.43. The lowest BCUT2D eigenvalue weighted by Crippen LogP contribution is -2.21. The summed E-state index contributed by atoms with van der Waals surface area (Å²) in [6.45, 7) is 0. The van der Waals surface area contributed by atoms with E-state index in [1.165, 1.54) is 34.2 Å². The molecule has 0 unspecified atom stereocenters. The fraction of sp³-hybridized carbons (Fsp3) is 0.250. The van der Waals surface area contributed by atoms with Gasteiger partial charge in [0, 0.05) is 11.8 Å². The maximum absolute atomic E-state index is 10.4. The molecule has 3 aromatic rings. The Kier molecular flexibility index (Phi) is 3.53. The van der Waals surface area contributed by atoms with E-state index in [4.69, 9.17) is 4.74 Å². The molecule has 2 nitrogen and oxygen atoms in total. The van der Waals surface area contributed by atoms with Crippen molar-refractivity contribution >= 4 is 0 Å². The number of hydrogen-bond donors (Lipinski definition) is 1. The standard InChI is InChI=1S/C24H22O2/c1-26-22-14-20-19(13-21(22)25)24-17-10-6-5-7-15(17)11-12-18(24)23(20)16-8-3-2-4-9-16/h2-10,13-14,18,23-25H,11-12H2,1H3/t18-,23+,24-/m0/s1. The molecule has 130 valence electrons. The van der Waals surface area contributed by atoms with Crippen LogP contribution in [0.25, 0.3) is 0 Å². The molecule has 3 aromatic carbocycles. The maximum Gasteiger partial charge on any atom is 0.160 e. The lowest BCUT2D eigenvalue weighted by molar-refractivity contribution is 0.372. The second-order valence-corrected chi connectivity index (χ2v) is 7.42. The number of aromatic hydroxyl groups is 1. The average Bonchev–Trinajstić information content (AvgIpc) is 3.01. The van der Waals surface area contributed by atoms with Crippen LogP contribution in [0.4, 0.5) is 0 Å². The van der Waals surface area contributed by atoms with Gasteiger partial charge in [-0.25, -0.2) is 0 Å². The summed E-state index contributed by atoms with van der Waals surface area (Å²) in [6, 6.07) is 23.6. The normalized spacial score (nSPS) is 23.0. The molecular formula is C24H22O2. The van der Waals surface area contributed by atoms with Gasteiger partial charge in [0.05, 0.1) is 7.11 Å². The summed E-state index contributed by atoms with van der Waals surface area (Å²) in [5.74, 6) is 2.02. The minimum atomic E-state index is 0.238. The highest BCUT2D eigenvalue weighted by Gasteiger charge is 2.45. The van der Waals surface area contributed by atoms with Gasteiger partial charge in [-0.3, -0.25) is 0 Å². The summed E-state index contributed by atoms with van der Waals surface area (Å²) in [5, 5.41) is 10.4. The maximum atomic E-state index is 10.4. The molecule has 0 spiro atoms. The Bertz CT molecular complexity index is 961. The van der Waals surface area contributed by atoms with E-state index in [-0.39, 0.29) is 5.75 Å². The largest absolute Gasteiger partial charge is 0.504 e. The number of phenolic OH excluding ortho intramolecular Hbond substituents is 1. The van der Waals surface area contributed by atoms with Gasteiger partial charge in [-0.15, -0.1) is 0 Å². The van der Waals surface area contributed by atoms with Crippen LogP contribution >= 0.6 is 0 Å². The van der Waals surface area contributed by atoms with Gasteiger partial charge in [-0.05, 0) is 58.7 Å². The third-order valence-electron chi connectivity index (χ3n) is 6.21. The van der Waals surface area contributed by atoms with Crippen LogP contribution < -0.4 is 4.74 Å². The van der Waals surface area contributed by atoms with E-state index < -0.39 is 0 Å². The summed E-state index contributed by atoms with van der Waals surface area (Å²) in [7, 11) is 1.62. The van der Waals surface area contributed by atoms with E-state index in [0.29, 0.717) is 23.5 Å². The minimum Gasteiger partial charge on any atom is -0.504 e. The number of fused-ring (bicyclic) bond motifs is 5. The first-order chi connectivity index (χ1) is 12.8. The van der Waals surface area contributed by atoms with Crippen LogP contribution in [-0.2, 0) is 6.42 Å². The molecule has 0 fully saturated rings. The van der Waals surface area contributed by atoms with E-state index in [1.807, 2.05) is 6.07 Å². The summed E-state index contributed by atoms with van der Waals surface area (Å²) >= 11 is 0. The molecule has 2 aliphatic carbocycles. The van der Waals surface area contributed by atoms with Crippen LogP contribution in [0.5, 0.6) is 11.5 Å². The molecule has 2 heteroatoms. The van der Waals surface area contributed by atoms with E-state index in [2.05, 4.69) is 60.7 Å². The highest BCUT2D eigenvalue weighted by molar-refractivity contribution is 5.59. The second-order valence-electron chi connectivity index (χ2n) is 7.42. The molecule has 3 atom stereocenters. The zero-order valence-corrected chi connectivity index (χ0v) is 14.9. The minimum absolute atomic E-state index is 0.238. The van der Waals surface area contributed by atoms with Gasteiger partial charge >= 0.3 is 0 Å². The average molecular weight is 342 g/mol. The van der Waals surface area contributed by atoms with Crippen molar-refractivity contribution in [2.24, 2.45) is 5.92 Å². The van der Waals surface area contributed by atoms with Crippen LogP contribution in [-0.4, -0.2) is 12.2 Å². The lowest BCUT2D eigenvalue weighted by atomic mass is 9.71. The number of ether oxygens (including phenoxy) is 1. The number of phenols is 1. The molecule has 0 heterocycles. The van der Waals surface area contributed by atoms with Crippen LogP contribution in [0.15, 0.2) is 66.7 Å². The Labute approximate surface area is 154 Å². The van der Waals surface area contributed by atoms with Gasteiger partial charge in [0.25, 0.3) is 0 Å². The molecular weight excluding hydrogens is 320 g/mol. The van der Waals surface area contributed by atoms with Gasteiger partial charge in [-0.2, -0.15) is 0 Å². The van der Waals surface area contributed by atoms with Crippen LogP contribution in [0.1, 0.15) is 46.1 Å². The Morgan fingerprint density at radius 1 is 0.846 bits per heavy atom. The first-order valence-electron chi connectivity index (χ1n) is 9.31. The Morgan fingerprint density at radius 3 is 2.38 bits per heavy atom. The van der Waals surface area contributed by atoms with E-state index >= 15 is 0 Å². The molecule has 2 aliphatic rings. The fourth-order valence-electron chi connectivity index (χ4n) is 5.16. The van der Waals surface area contributed by atoms with Crippen molar-refractivity contribution in [2.45, 2.75) is 24.7 Å². The molecule has 0 bridgehead atoms. The molecule has 0 aliphatic heterocycles. The zero-order chi connectivity index (χ0) is 17.7. The molecule has 0 saturated heterocycles. The van der Waals surface area contributed by atoms with Crippen LogP contribution in [0.2, 0.25) is 0 Å². The number of benzene rings is 3. The van der Waals surface area contributed by atoms with Crippen molar-refractivity contribution < 1.29 is 9.84 Å². The topological polar surface area (TPSA) is 29.5 Å². The monoisotopic (exact) mass is 342 g/mol. The fourth-order valence-corrected chi connectivity index (χ4v) is 5.16. The molecule has 0 amide bonds. The molecule has 1 N–H and O–H groups in total. The lowest BCUT2D eigenvalue weighted by Gasteiger charge is -2.32. The quantitative estimate of drug-likeness (QED) is 0.690. The summed E-state index contributed by atoms with van der Waals surface area (Å²) in [4.78, 5) is 0. The zero-order valence-electron chi connectivity index (χ0n) is 14.9. The third kappa shape index (κ3) is 2.18. The first-order valence-corrected chi connectivity index (χ1v) is 9.31. The smallest absolute Gasteiger partial charge is 0.160 e. The Morgan fingerprint density at radius 2 is 1.58 bits per heavy atom. The van der Waals surface area contributed by atoms with Gasteiger partial charge in [0.15, 0.2) is 11.5 Å². The Hall–Kier alpha value is -2.74. The van der Waals surface area contributed by atoms with Crippen LogP contribution in [0, 0.1) is 5.92 Å². The summed E-state index contributed by atoms with van der Waals surface area (Å²) in [5.41, 5.74) is 6.79. The number of methoxy groups -OCH3 is 1. The molecule has 0 saturated carbocycles. The van der Waals surface area contributed by atoms with Crippen molar-refractivity contribution in [3.8, 4) is 11.5 Å². The third-order valence-corrected chi connectivity index (χ3v) is 6.21. The SMILES string of the molecule is COc1cc2c(cc1O)[C@H]1c3ccccc3CC[C@H]1[C@H]2c1ccccc1. The number of rotatable bonds is 2. The highest BCUT2D eigenvalue weighted by Crippen LogP contribution is 2.58. The van der Waals surface area contributed by atoms with E-state index in [1.54, 1.807) is 7.11 Å². The predicted molar refractivity (Wildman–Crippen MR) is 103 cm³/mol. The van der Waals surface area contributed by atoms with Gasteiger partial charge < -0.3 is 9.84 Å². The Balaban J connectivity index is 1.75. The van der Waals surface area contributed by atoms with E-state index in [9.17, 15) is 5.11 Å². The van der Waals surface area contributed by atoms with Crippen LogP contribution in [0.3, 0.4) is 0 Å². The van der Waals surface area contributed by atoms with Gasteiger partial charge in [0.1, 0.15) is 0 Å². The van der Waals surface area contributed by atoms with Gasteiger partial charge in [0.2, 0.25) is 0 Å². The van der Waals surface area contributed by atoms with Crippen molar-refractivity contribution in [2.75, 3.05) is 7.11 Å². The number of hydrogen-bond acceptors (Lipinski definition) is 2. The molecule has 26 heavy (non-hydrogen) atoms. The second kappa shape index (κ2) is 5.91. The van der Waals surface area contributed by atoms with Crippen molar-refractivity contribution in [1.29, 1.82) is 0 Å². The van der Waals surface area contributed by atoms with Crippen molar-refractivity contribution in [3.63, 3.8) is 0 Å². The molecule has 5 rings (SSSR count). The van der Waals surface area contributed by atoms with Gasteiger partial charge in [-0.1, -0.05) is 54.6 Å². The van der Waals surface area contributed by atoms with Crippen molar-refractivity contribution in [3.05, 3.63) is 94.5 Å². The predicted octanol–water partition coefficient (Wildman–Crippen LogP) is 5.24. The highest BCUT2D eigenvalue weighted by atomic mass is 16.5. The first kappa shape index (κ1) is 15.5. The number of aryl methyl sites for hydroxylation is 1. The van der Waals surface area contributed by atoms with Crippen molar-refractivity contribution in [1.82, 2.24) is 0 Å². The van der Waals surface area contributed by atoms with E-state index in [0.717, 1.165) is 6.42 Å². The molecule has 0 radical (unpaired) electrons. The summed E-state index contributed by atoms with van der Waals surface area (Å²) in [6.07, 6.45) is 2.29.